The molecule has 4 heteroatoms. The molecule has 16 heavy (non-hydrogen) atoms. The van der Waals surface area contributed by atoms with Crippen LogP contribution in [0.15, 0.2) is 18.2 Å². The zero-order chi connectivity index (χ0) is 12.1. The molecule has 0 radical (unpaired) electrons. The Balaban J connectivity index is 2.66. The maximum atomic E-state index is 9.29. The van der Waals surface area contributed by atoms with Crippen LogP contribution in [-0.4, -0.2) is 29.4 Å². The Morgan fingerprint density at radius 3 is 2.69 bits per heavy atom. The van der Waals surface area contributed by atoms with Gasteiger partial charge in [-0.25, -0.2) is 0 Å². The van der Waals surface area contributed by atoms with Gasteiger partial charge in [-0.3, -0.25) is 0 Å². The number of benzene rings is 1. The van der Waals surface area contributed by atoms with Crippen LogP contribution in [0.25, 0.3) is 0 Å². The molecule has 0 saturated heterocycles. The Labute approximate surface area is 102 Å². The van der Waals surface area contributed by atoms with Gasteiger partial charge in [-0.2, -0.15) is 0 Å². The van der Waals surface area contributed by atoms with Gasteiger partial charge in [0.1, 0.15) is 5.75 Å². The number of likely N-dealkylation sites (N-methyl/N-ethyl adjacent to an activating group) is 1. The summed E-state index contributed by atoms with van der Waals surface area (Å²) in [4.78, 5) is 5.62. The molecule has 1 atom stereocenters. The SMILES string of the molecule is CCN(CC(C)O)Oc1ccc(Cl)c(C)c1. The molecule has 1 aromatic carbocycles. The monoisotopic (exact) mass is 243 g/mol. The van der Waals surface area contributed by atoms with Crippen molar-refractivity contribution in [2.24, 2.45) is 0 Å². The fourth-order valence-electron chi connectivity index (χ4n) is 1.35. The topological polar surface area (TPSA) is 32.7 Å². The summed E-state index contributed by atoms with van der Waals surface area (Å²) in [6, 6.07) is 5.51. The van der Waals surface area contributed by atoms with Gasteiger partial charge in [0.2, 0.25) is 0 Å². The average Bonchev–Trinajstić information content (AvgIpc) is 2.22. The summed E-state index contributed by atoms with van der Waals surface area (Å²) in [5, 5.41) is 11.7. The molecule has 1 unspecified atom stereocenters. The predicted molar refractivity (Wildman–Crippen MR) is 65.7 cm³/mol. The highest BCUT2D eigenvalue weighted by atomic mass is 35.5. The highest BCUT2D eigenvalue weighted by Gasteiger charge is 2.08. The van der Waals surface area contributed by atoms with Crippen molar-refractivity contribution in [1.82, 2.24) is 5.06 Å². The number of nitrogens with zero attached hydrogens (tertiary/aromatic N) is 1. The van der Waals surface area contributed by atoms with Crippen LogP contribution < -0.4 is 4.84 Å². The van der Waals surface area contributed by atoms with Gasteiger partial charge in [0.15, 0.2) is 0 Å². The number of aliphatic hydroxyl groups excluding tert-OH is 1. The van der Waals surface area contributed by atoms with Crippen LogP contribution in [0, 0.1) is 6.92 Å². The molecule has 0 aliphatic heterocycles. The molecule has 0 heterocycles. The molecule has 0 aliphatic rings. The Morgan fingerprint density at radius 2 is 2.19 bits per heavy atom. The quantitative estimate of drug-likeness (QED) is 0.807. The van der Waals surface area contributed by atoms with Crippen molar-refractivity contribution in [2.75, 3.05) is 13.1 Å². The van der Waals surface area contributed by atoms with Gasteiger partial charge in [-0.05, 0) is 44.5 Å². The van der Waals surface area contributed by atoms with E-state index in [1.807, 2.05) is 32.0 Å². The van der Waals surface area contributed by atoms with Crippen LogP contribution >= 0.6 is 11.6 Å². The molecule has 1 N–H and O–H groups in total. The highest BCUT2D eigenvalue weighted by Crippen LogP contribution is 2.21. The predicted octanol–water partition coefficient (Wildman–Crippen LogP) is 2.64. The Bertz CT molecular complexity index is 342. The van der Waals surface area contributed by atoms with Gasteiger partial charge in [0.25, 0.3) is 0 Å². The molecule has 1 rings (SSSR count). The normalized spacial score (nSPS) is 12.9. The molecule has 90 valence electrons. The summed E-state index contributed by atoms with van der Waals surface area (Å²) < 4.78 is 0. The standard InChI is InChI=1S/C12H18ClNO2/c1-4-14(8-10(3)15)16-11-5-6-12(13)9(2)7-11/h5-7,10,15H,4,8H2,1-3H3. The zero-order valence-corrected chi connectivity index (χ0v) is 10.7. The number of rotatable bonds is 5. The minimum Gasteiger partial charge on any atom is -0.406 e. The summed E-state index contributed by atoms with van der Waals surface area (Å²) in [5.74, 6) is 0.740. The van der Waals surface area contributed by atoms with E-state index in [9.17, 15) is 5.11 Å². The third kappa shape index (κ3) is 4.00. The lowest BCUT2D eigenvalue weighted by atomic mass is 10.2. The number of hydroxylamine groups is 2. The molecule has 3 nitrogen and oxygen atoms in total. The Kier molecular flexibility index (Phi) is 5.06. The molecule has 0 saturated carbocycles. The summed E-state index contributed by atoms with van der Waals surface area (Å²) in [7, 11) is 0. The second-order valence-corrected chi connectivity index (χ2v) is 4.24. The van der Waals surface area contributed by atoms with E-state index in [4.69, 9.17) is 16.4 Å². The highest BCUT2D eigenvalue weighted by molar-refractivity contribution is 6.31. The van der Waals surface area contributed by atoms with Gasteiger partial charge in [0, 0.05) is 11.6 Å². The van der Waals surface area contributed by atoms with Crippen molar-refractivity contribution in [3.05, 3.63) is 28.8 Å². The van der Waals surface area contributed by atoms with Gasteiger partial charge in [0.05, 0.1) is 12.6 Å². The van der Waals surface area contributed by atoms with Gasteiger partial charge in [-0.1, -0.05) is 11.6 Å². The fraction of sp³-hybridized carbons (Fsp3) is 0.500. The van der Waals surface area contributed by atoms with E-state index in [1.165, 1.54) is 0 Å². The summed E-state index contributed by atoms with van der Waals surface area (Å²) >= 11 is 5.93. The average molecular weight is 244 g/mol. The van der Waals surface area contributed by atoms with Crippen LogP contribution in [-0.2, 0) is 0 Å². The fourth-order valence-corrected chi connectivity index (χ4v) is 1.47. The van der Waals surface area contributed by atoms with Gasteiger partial charge in [-0.15, -0.1) is 5.06 Å². The Hall–Kier alpha value is -0.770. The number of aryl methyl sites for hydroxylation is 1. The molecular weight excluding hydrogens is 226 g/mol. The summed E-state index contributed by atoms with van der Waals surface area (Å²) in [6.07, 6.45) is -0.409. The first-order chi connectivity index (χ1) is 7.52. The molecule has 0 fully saturated rings. The second kappa shape index (κ2) is 6.09. The van der Waals surface area contributed by atoms with E-state index in [0.29, 0.717) is 13.1 Å². The molecule has 0 aromatic heterocycles. The molecule has 0 aliphatic carbocycles. The molecular formula is C12H18ClNO2. The number of aliphatic hydroxyl groups is 1. The van der Waals surface area contributed by atoms with E-state index in [2.05, 4.69) is 0 Å². The Morgan fingerprint density at radius 1 is 1.50 bits per heavy atom. The largest absolute Gasteiger partial charge is 0.406 e. The smallest absolute Gasteiger partial charge is 0.147 e. The van der Waals surface area contributed by atoms with E-state index in [-0.39, 0.29) is 0 Å². The first kappa shape index (κ1) is 13.3. The lowest BCUT2D eigenvalue weighted by molar-refractivity contribution is -0.0772. The third-order valence-corrected chi connectivity index (χ3v) is 2.61. The van der Waals surface area contributed by atoms with Gasteiger partial charge < -0.3 is 9.94 Å². The molecule has 0 spiro atoms. The summed E-state index contributed by atoms with van der Waals surface area (Å²) in [5.41, 5.74) is 0.979. The van der Waals surface area contributed by atoms with Crippen molar-refractivity contribution < 1.29 is 9.94 Å². The van der Waals surface area contributed by atoms with Crippen molar-refractivity contribution in [2.45, 2.75) is 26.9 Å². The lowest BCUT2D eigenvalue weighted by Gasteiger charge is -2.22. The van der Waals surface area contributed by atoms with Crippen LogP contribution in [0.5, 0.6) is 5.75 Å². The van der Waals surface area contributed by atoms with Crippen LogP contribution in [0.1, 0.15) is 19.4 Å². The van der Waals surface area contributed by atoms with Crippen LogP contribution in [0.3, 0.4) is 0 Å². The number of hydrogen-bond donors (Lipinski definition) is 1. The zero-order valence-electron chi connectivity index (χ0n) is 9.90. The van der Waals surface area contributed by atoms with Crippen molar-refractivity contribution in [3.63, 3.8) is 0 Å². The number of hydrogen-bond acceptors (Lipinski definition) is 3. The minimum absolute atomic E-state index is 0.409. The minimum atomic E-state index is -0.409. The van der Waals surface area contributed by atoms with E-state index in [0.717, 1.165) is 16.3 Å². The van der Waals surface area contributed by atoms with Crippen molar-refractivity contribution in [1.29, 1.82) is 0 Å². The lowest BCUT2D eigenvalue weighted by Crippen LogP contribution is -2.33. The maximum absolute atomic E-state index is 9.29. The first-order valence-electron chi connectivity index (χ1n) is 5.40. The van der Waals surface area contributed by atoms with E-state index >= 15 is 0 Å². The molecule has 0 bridgehead atoms. The first-order valence-corrected chi connectivity index (χ1v) is 5.78. The molecule has 0 amide bonds. The van der Waals surface area contributed by atoms with E-state index < -0.39 is 6.10 Å². The van der Waals surface area contributed by atoms with Crippen molar-refractivity contribution >= 4 is 11.6 Å². The van der Waals surface area contributed by atoms with E-state index in [1.54, 1.807) is 12.0 Å². The number of halogens is 1. The second-order valence-electron chi connectivity index (χ2n) is 3.83. The molecule has 1 aromatic rings. The van der Waals surface area contributed by atoms with Gasteiger partial charge >= 0.3 is 0 Å². The van der Waals surface area contributed by atoms with Crippen molar-refractivity contribution in [3.8, 4) is 5.75 Å². The third-order valence-electron chi connectivity index (χ3n) is 2.18. The summed E-state index contributed by atoms with van der Waals surface area (Å²) in [6.45, 7) is 6.84. The van der Waals surface area contributed by atoms with Crippen LogP contribution in [0.2, 0.25) is 5.02 Å². The van der Waals surface area contributed by atoms with Crippen LogP contribution in [0.4, 0.5) is 0 Å². The maximum Gasteiger partial charge on any atom is 0.147 e.